The quantitative estimate of drug-likeness (QED) is 0.371. The highest BCUT2D eigenvalue weighted by molar-refractivity contribution is 6.21. The van der Waals surface area contributed by atoms with Gasteiger partial charge in [-0.2, -0.15) is 0 Å². The second kappa shape index (κ2) is 12.1. The van der Waals surface area contributed by atoms with E-state index >= 15 is 4.39 Å². The molecule has 11 heteroatoms. The molecule has 1 amide bonds. The van der Waals surface area contributed by atoms with Crippen LogP contribution < -0.4 is 5.32 Å². The molecule has 2 aliphatic carbocycles. The van der Waals surface area contributed by atoms with Crippen molar-refractivity contribution in [3.05, 3.63) is 11.8 Å². The van der Waals surface area contributed by atoms with Crippen LogP contribution in [0.4, 0.5) is 4.39 Å². The minimum Gasteiger partial charge on any atom is -0.379 e. The summed E-state index contributed by atoms with van der Waals surface area (Å²) in [6.45, 7) is 12.0. The van der Waals surface area contributed by atoms with Crippen LogP contribution in [0.25, 0.3) is 0 Å². The predicted molar refractivity (Wildman–Crippen MR) is 150 cm³/mol. The summed E-state index contributed by atoms with van der Waals surface area (Å²) in [4.78, 5) is 36.3. The Morgan fingerprint density at radius 1 is 1.10 bits per heavy atom. The molecule has 8 unspecified atom stereocenters. The summed E-state index contributed by atoms with van der Waals surface area (Å²) in [6.07, 6.45) is 2.54. The van der Waals surface area contributed by atoms with Gasteiger partial charge in [-0.3, -0.25) is 24.3 Å². The number of Topliss-reactive ketones (excluding diaryl/α,β-unsaturated/α-hetero) is 1. The Morgan fingerprint density at radius 3 is 2.58 bits per heavy atom. The smallest absolute Gasteiger partial charge is 0.256 e. The topological polar surface area (TPSA) is 77.6 Å². The van der Waals surface area contributed by atoms with Crippen molar-refractivity contribution in [3.8, 4) is 0 Å². The highest BCUT2D eigenvalue weighted by Crippen LogP contribution is 2.47. The van der Waals surface area contributed by atoms with Gasteiger partial charge in [0.15, 0.2) is 5.78 Å². The van der Waals surface area contributed by atoms with Gasteiger partial charge in [-0.05, 0) is 39.5 Å². The number of ketones is 1. The van der Waals surface area contributed by atoms with Crippen LogP contribution in [-0.4, -0.2) is 145 Å². The molecule has 40 heavy (non-hydrogen) atoms. The maximum Gasteiger partial charge on any atom is 0.256 e. The molecule has 0 radical (unpaired) electrons. The zero-order valence-corrected chi connectivity index (χ0v) is 24.6. The first-order valence-electron chi connectivity index (χ1n) is 15.3. The lowest BCUT2D eigenvalue weighted by atomic mass is 9.69. The van der Waals surface area contributed by atoms with Crippen molar-refractivity contribution in [2.24, 2.45) is 5.92 Å². The predicted octanol–water partition coefficient (Wildman–Crippen LogP) is 1.25. The monoisotopic (exact) mass is 581 g/mol. The number of fused-ring (bicyclic) bond motifs is 2. The fraction of sp³-hybridized carbons (Fsp3) is 0.862. The standard InChI is InChI=1S/C29H45ClFN5O4/c1-18(2)34-7-9-35(10-8-34)26-22(31)16-20-25-28(26)40-24-15-19(30)3-4-23(24)36(25)17-21(27(20)37)29(38)32-5-6-33-11-13-39-14-12-33/h17-20,22-26,28H,3-16H2,1-2H3,(H,32,38). The fourth-order valence-electron chi connectivity index (χ4n) is 7.93. The number of amides is 1. The first-order valence-corrected chi connectivity index (χ1v) is 15.8. The van der Waals surface area contributed by atoms with Crippen LogP contribution in [0.15, 0.2) is 11.8 Å². The summed E-state index contributed by atoms with van der Waals surface area (Å²) < 4.78 is 28.4. The second-order valence-electron chi connectivity index (χ2n) is 12.7. The molecular weight excluding hydrogens is 537 g/mol. The number of halogens is 2. The molecule has 0 aromatic carbocycles. The van der Waals surface area contributed by atoms with Gasteiger partial charge in [0.25, 0.3) is 5.91 Å². The van der Waals surface area contributed by atoms with Crippen molar-refractivity contribution < 1.29 is 23.5 Å². The molecule has 3 saturated heterocycles. The number of nitrogens with zero attached hydrogens (tertiary/aromatic N) is 4. The number of carbonyl (C=O) groups excluding carboxylic acids is 2. The Morgan fingerprint density at radius 2 is 1.85 bits per heavy atom. The number of nitrogens with one attached hydrogen (secondary N) is 1. The molecule has 4 aliphatic heterocycles. The van der Waals surface area contributed by atoms with Crippen molar-refractivity contribution in [1.29, 1.82) is 0 Å². The zero-order chi connectivity index (χ0) is 28.0. The van der Waals surface area contributed by atoms with Crippen molar-refractivity contribution in [1.82, 2.24) is 24.9 Å². The van der Waals surface area contributed by atoms with Crippen LogP contribution in [0.3, 0.4) is 0 Å². The number of rotatable bonds is 6. The van der Waals surface area contributed by atoms with Gasteiger partial charge in [-0.25, -0.2) is 4.39 Å². The lowest BCUT2D eigenvalue weighted by Crippen LogP contribution is -2.74. The van der Waals surface area contributed by atoms with Gasteiger partial charge >= 0.3 is 0 Å². The summed E-state index contributed by atoms with van der Waals surface area (Å²) in [6, 6.07) is -0.160. The van der Waals surface area contributed by atoms with E-state index in [1.807, 2.05) is 0 Å². The molecule has 0 spiro atoms. The van der Waals surface area contributed by atoms with E-state index in [9.17, 15) is 9.59 Å². The fourth-order valence-corrected chi connectivity index (χ4v) is 8.24. The molecule has 5 fully saturated rings. The van der Waals surface area contributed by atoms with Crippen molar-refractivity contribution in [3.63, 3.8) is 0 Å². The number of hydrogen-bond acceptors (Lipinski definition) is 8. The Kier molecular flexibility index (Phi) is 8.73. The number of carbonyl (C=O) groups is 2. The van der Waals surface area contributed by atoms with Gasteiger partial charge in [-0.1, -0.05) is 0 Å². The third-order valence-corrected chi connectivity index (χ3v) is 10.5. The lowest BCUT2D eigenvalue weighted by Gasteiger charge is -2.61. The molecule has 4 heterocycles. The normalized spacial score (nSPS) is 39.5. The first-order chi connectivity index (χ1) is 19.3. The van der Waals surface area contributed by atoms with E-state index in [-0.39, 0.29) is 47.2 Å². The molecular formula is C29H45ClFN5O4. The average molecular weight is 582 g/mol. The van der Waals surface area contributed by atoms with Gasteiger partial charge in [0.05, 0.1) is 49.1 Å². The molecule has 2 saturated carbocycles. The molecule has 6 aliphatic rings. The molecule has 9 nitrogen and oxygen atoms in total. The van der Waals surface area contributed by atoms with E-state index in [2.05, 4.69) is 38.8 Å². The SMILES string of the molecule is CC(C)N1CCN(C2C(F)CC3C(=O)C(C(=O)NCCN4CCOCC4)=CN4C5CCC(Cl)CC5OC2C34)CC1. The van der Waals surface area contributed by atoms with E-state index < -0.39 is 24.2 Å². The van der Waals surface area contributed by atoms with Crippen LogP contribution in [0.2, 0.25) is 0 Å². The third-order valence-electron chi connectivity index (χ3n) is 10.1. The third kappa shape index (κ3) is 5.56. The van der Waals surface area contributed by atoms with E-state index in [1.165, 1.54) is 0 Å². The molecule has 1 N–H and O–H groups in total. The summed E-state index contributed by atoms with van der Waals surface area (Å²) in [5.74, 6) is -1.19. The van der Waals surface area contributed by atoms with Crippen molar-refractivity contribution in [2.45, 2.75) is 87.5 Å². The Labute approximate surface area is 242 Å². The Balaban J connectivity index is 1.23. The largest absolute Gasteiger partial charge is 0.379 e. The minimum atomic E-state index is -1.20. The molecule has 224 valence electrons. The zero-order valence-electron chi connectivity index (χ0n) is 23.9. The average Bonchev–Trinajstić information content (AvgIpc) is 2.94. The summed E-state index contributed by atoms with van der Waals surface area (Å²) >= 11 is 6.59. The highest BCUT2D eigenvalue weighted by atomic mass is 35.5. The van der Waals surface area contributed by atoms with Gasteiger partial charge in [0.2, 0.25) is 0 Å². The number of hydrogen-bond donors (Lipinski definition) is 1. The molecule has 8 atom stereocenters. The number of morpholine rings is 2. The summed E-state index contributed by atoms with van der Waals surface area (Å²) in [5, 5.41) is 2.99. The van der Waals surface area contributed by atoms with E-state index in [0.717, 1.165) is 52.1 Å². The van der Waals surface area contributed by atoms with Crippen LogP contribution in [0.1, 0.15) is 39.5 Å². The van der Waals surface area contributed by atoms with Crippen molar-refractivity contribution in [2.75, 3.05) is 65.6 Å². The van der Waals surface area contributed by atoms with Gasteiger partial charge in [-0.15, -0.1) is 11.6 Å². The van der Waals surface area contributed by atoms with Crippen LogP contribution >= 0.6 is 11.6 Å². The van der Waals surface area contributed by atoms with Crippen LogP contribution in [0, 0.1) is 5.92 Å². The van der Waals surface area contributed by atoms with Crippen LogP contribution in [0.5, 0.6) is 0 Å². The van der Waals surface area contributed by atoms with E-state index in [1.54, 1.807) is 6.20 Å². The first kappa shape index (κ1) is 28.8. The second-order valence-corrected chi connectivity index (χ2v) is 13.3. The Hall–Kier alpha value is -1.30. The Bertz CT molecular complexity index is 972. The van der Waals surface area contributed by atoms with Gasteiger partial charge in [0, 0.05) is 75.9 Å². The van der Waals surface area contributed by atoms with Gasteiger partial charge < -0.3 is 19.7 Å². The van der Waals surface area contributed by atoms with E-state index in [0.29, 0.717) is 38.8 Å². The highest BCUT2D eigenvalue weighted by Gasteiger charge is 2.60. The molecule has 0 aromatic heterocycles. The maximum absolute atomic E-state index is 16.2. The van der Waals surface area contributed by atoms with Crippen molar-refractivity contribution >= 4 is 23.3 Å². The molecule has 0 bridgehead atoms. The maximum atomic E-state index is 16.2. The lowest BCUT2D eigenvalue weighted by molar-refractivity contribution is -0.212. The molecule has 0 aromatic rings. The summed E-state index contributed by atoms with van der Waals surface area (Å²) in [7, 11) is 0. The number of alkyl halides is 2. The summed E-state index contributed by atoms with van der Waals surface area (Å²) in [5.41, 5.74) is 0.159. The van der Waals surface area contributed by atoms with E-state index in [4.69, 9.17) is 21.1 Å². The number of ether oxygens (including phenoxy) is 2. The number of piperazine rings is 1. The van der Waals surface area contributed by atoms with Gasteiger partial charge in [0.1, 0.15) is 6.17 Å². The van der Waals surface area contributed by atoms with Crippen LogP contribution in [-0.2, 0) is 19.1 Å². The molecule has 6 rings (SSSR count). The minimum absolute atomic E-state index is 0.0183.